The Morgan fingerprint density at radius 2 is 1.72 bits per heavy atom. The predicted molar refractivity (Wildman–Crippen MR) is 112 cm³/mol. The Balaban J connectivity index is 1.73. The molecular weight excluding hydrogens is 370 g/mol. The Kier molecular flexibility index (Phi) is 6.39. The molecule has 0 spiro atoms. The third-order valence-corrected chi connectivity index (χ3v) is 4.68. The summed E-state index contributed by atoms with van der Waals surface area (Å²) in [5.41, 5.74) is 3.62. The molecule has 29 heavy (non-hydrogen) atoms. The molecule has 0 radical (unpaired) electrons. The quantitative estimate of drug-likeness (QED) is 0.603. The Morgan fingerprint density at radius 3 is 2.38 bits per heavy atom. The predicted octanol–water partition coefficient (Wildman–Crippen LogP) is 3.98. The van der Waals surface area contributed by atoms with Crippen LogP contribution in [0, 0.1) is 6.92 Å². The van der Waals surface area contributed by atoms with E-state index in [-0.39, 0.29) is 5.91 Å². The number of anilines is 1. The highest BCUT2D eigenvalue weighted by Crippen LogP contribution is 2.36. The number of nitrogens with zero attached hydrogens (tertiary/aromatic N) is 1. The van der Waals surface area contributed by atoms with Gasteiger partial charge in [0.2, 0.25) is 5.91 Å². The molecule has 0 aliphatic heterocycles. The molecule has 152 valence electrons. The fourth-order valence-electron chi connectivity index (χ4n) is 3.11. The van der Waals surface area contributed by atoms with Crippen LogP contribution in [0.1, 0.15) is 17.7 Å². The number of hydrogen-bond acceptors (Lipinski definition) is 5. The molecule has 0 unspecified atom stereocenters. The van der Waals surface area contributed by atoms with Gasteiger partial charge in [-0.15, -0.1) is 0 Å². The van der Waals surface area contributed by atoms with Crippen molar-refractivity contribution in [1.82, 2.24) is 10.2 Å². The minimum atomic E-state index is -0.103. The van der Waals surface area contributed by atoms with Crippen molar-refractivity contribution in [2.75, 3.05) is 26.6 Å². The molecule has 0 atom stereocenters. The minimum absolute atomic E-state index is 0.103. The Hall–Kier alpha value is -3.48. The van der Waals surface area contributed by atoms with E-state index < -0.39 is 0 Å². The van der Waals surface area contributed by atoms with Gasteiger partial charge in [-0.25, -0.2) is 0 Å². The number of aryl methyl sites for hydroxylation is 2. The lowest BCUT2D eigenvalue weighted by Gasteiger charge is -2.11. The fourth-order valence-corrected chi connectivity index (χ4v) is 3.11. The van der Waals surface area contributed by atoms with E-state index in [0.29, 0.717) is 30.2 Å². The number of benzene rings is 2. The van der Waals surface area contributed by atoms with Crippen molar-refractivity contribution in [2.45, 2.75) is 19.8 Å². The van der Waals surface area contributed by atoms with Crippen molar-refractivity contribution < 1.29 is 19.0 Å². The Bertz CT molecular complexity index is 980. The summed E-state index contributed by atoms with van der Waals surface area (Å²) < 4.78 is 15.8. The summed E-state index contributed by atoms with van der Waals surface area (Å²) in [5.74, 6) is 2.44. The average Bonchev–Trinajstić information content (AvgIpc) is 3.11. The molecule has 0 bridgehead atoms. The molecule has 0 aliphatic carbocycles. The highest BCUT2D eigenvalue weighted by atomic mass is 16.5. The minimum Gasteiger partial charge on any atom is -0.497 e. The molecule has 3 rings (SSSR count). The van der Waals surface area contributed by atoms with Gasteiger partial charge in [0.1, 0.15) is 5.75 Å². The van der Waals surface area contributed by atoms with E-state index in [4.69, 9.17) is 14.2 Å². The van der Waals surface area contributed by atoms with Crippen molar-refractivity contribution in [2.24, 2.45) is 0 Å². The van der Waals surface area contributed by atoms with Crippen LogP contribution in [0.25, 0.3) is 11.1 Å². The lowest BCUT2D eigenvalue weighted by molar-refractivity contribution is -0.116. The van der Waals surface area contributed by atoms with E-state index >= 15 is 0 Å². The van der Waals surface area contributed by atoms with E-state index in [1.807, 2.05) is 49.4 Å². The molecule has 7 heteroatoms. The largest absolute Gasteiger partial charge is 0.497 e. The number of ether oxygens (including phenoxy) is 3. The molecule has 0 fully saturated rings. The zero-order chi connectivity index (χ0) is 20.8. The molecule has 0 saturated heterocycles. The first-order valence-corrected chi connectivity index (χ1v) is 9.25. The first-order valence-electron chi connectivity index (χ1n) is 9.25. The average molecular weight is 395 g/mol. The number of carbonyl (C=O) groups is 1. The second-order valence-corrected chi connectivity index (χ2v) is 6.54. The van der Waals surface area contributed by atoms with E-state index in [1.165, 1.54) is 0 Å². The van der Waals surface area contributed by atoms with Gasteiger partial charge in [0.25, 0.3) is 0 Å². The second-order valence-electron chi connectivity index (χ2n) is 6.54. The number of hydrogen-bond donors (Lipinski definition) is 2. The number of aromatic nitrogens is 2. The molecule has 1 aromatic heterocycles. The van der Waals surface area contributed by atoms with Crippen LogP contribution in [0.5, 0.6) is 17.2 Å². The summed E-state index contributed by atoms with van der Waals surface area (Å²) in [6, 6.07) is 13.3. The zero-order valence-corrected chi connectivity index (χ0v) is 17.0. The lowest BCUT2D eigenvalue weighted by atomic mass is 10.0. The van der Waals surface area contributed by atoms with Crippen LogP contribution >= 0.6 is 0 Å². The summed E-state index contributed by atoms with van der Waals surface area (Å²) in [4.78, 5) is 12.5. The number of aromatic amines is 1. The standard InChI is InChI=1S/C22H25N3O4/c1-14-21(16-8-11-18(28-3)19(13-16)29-4)22(25-24-14)23-20(26)12-7-15-5-9-17(27-2)10-6-15/h5-6,8-11,13H,7,12H2,1-4H3,(H2,23,24,25,26). The van der Waals surface area contributed by atoms with Gasteiger partial charge < -0.3 is 19.5 Å². The number of methoxy groups -OCH3 is 3. The van der Waals surface area contributed by atoms with Gasteiger partial charge in [-0.1, -0.05) is 18.2 Å². The van der Waals surface area contributed by atoms with Crippen molar-refractivity contribution >= 4 is 11.7 Å². The number of nitrogens with one attached hydrogen (secondary N) is 2. The first-order chi connectivity index (χ1) is 14.0. The first kappa shape index (κ1) is 20.3. The van der Waals surface area contributed by atoms with Gasteiger partial charge in [-0.3, -0.25) is 9.89 Å². The van der Waals surface area contributed by atoms with Crippen LogP contribution in [0.2, 0.25) is 0 Å². The molecule has 1 heterocycles. The summed E-state index contributed by atoms with van der Waals surface area (Å²) in [5, 5.41) is 10.1. The topological polar surface area (TPSA) is 85.5 Å². The maximum absolute atomic E-state index is 12.5. The van der Waals surface area contributed by atoms with Crippen molar-refractivity contribution in [3.05, 3.63) is 53.7 Å². The van der Waals surface area contributed by atoms with Crippen molar-refractivity contribution in [3.8, 4) is 28.4 Å². The maximum atomic E-state index is 12.5. The Morgan fingerprint density at radius 1 is 1.00 bits per heavy atom. The number of H-pyrrole nitrogens is 1. The van der Waals surface area contributed by atoms with Crippen LogP contribution < -0.4 is 19.5 Å². The van der Waals surface area contributed by atoms with Crippen molar-refractivity contribution in [3.63, 3.8) is 0 Å². The van der Waals surface area contributed by atoms with Gasteiger partial charge in [-0.05, 0) is 48.7 Å². The fraction of sp³-hybridized carbons (Fsp3) is 0.273. The second kappa shape index (κ2) is 9.14. The van der Waals surface area contributed by atoms with Crippen LogP contribution in [0.3, 0.4) is 0 Å². The highest BCUT2D eigenvalue weighted by Gasteiger charge is 2.17. The van der Waals surface area contributed by atoms with Crippen LogP contribution in [0.4, 0.5) is 5.82 Å². The van der Waals surface area contributed by atoms with Crippen LogP contribution in [0.15, 0.2) is 42.5 Å². The zero-order valence-electron chi connectivity index (χ0n) is 17.0. The van der Waals surface area contributed by atoms with Crippen LogP contribution in [-0.2, 0) is 11.2 Å². The maximum Gasteiger partial charge on any atom is 0.225 e. The lowest BCUT2D eigenvalue weighted by Crippen LogP contribution is -2.13. The van der Waals surface area contributed by atoms with Gasteiger partial charge in [-0.2, -0.15) is 5.10 Å². The molecule has 1 amide bonds. The van der Waals surface area contributed by atoms with E-state index in [9.17, 15) is 4.79 Å². The summed E-state index contributed by atoms with van der Waals surface area (Å²) in [7, 11) is 4.81. The van der Waals surface area contributed by atoms with E-state index in [2.05, 4.69) is 15.5 Å². The van der Waals surface area contributed by atoms with Crippen molar-refractivity contribution in [1.29, 1.82) is 0 Å². The van der Waals surface area contributed by atoms with E-state index in [0.717, 1.165) is 28.1 Å². The number of rotatable bonds is 8. The molecule has 2 aromatic carbocycles. The highest BCUT2D eigenvalue weighted by molar-refractivity contribution is 5.94. The van der Waals surface area contributed by atoms with Gasteiger partial charge in [0.15, 0.2) is 17.3 Å². The van der Waals surface area contributed by atoms with Crippen LogP contribution in [-0.4, -0.2) is 37.4 Å². The van der Waals surface area contributed by atoms with Gasteiger partial charge in [0, 0.05) is 17.7 Å². The summed E-state index contributed by atoms with van der Waals surface area (Å²) >= 11 is 0. The molecule has 0 saturated carbocycles. The third-order valence-electron chi connectivity index (χ3n) is 4.68. The SMILES string of the molecule is COc1ccc(CCC(=O)Nc2n[nH]c(C)c2-c2ccc(OC)c(OC)c2)cc1. The van der Waals surface area contributed by atoms with E-state index in [1.54, 1.807) is 21.3 Å². The molecular formula is C22H25N3O4. The molecule has 2 N–H and O–H groups in total. The van der Waals surface area contributed by atoms with Gasteiger partial charge in [0.05, 0.1) is 21.3 Å². The number of carbonyl (C=O) groups excluding carboxylic acids is 1. The molecule has 3 aromatic rings. The molecule has 0 aliphatic rings. The molecule has 7 nitrogen and oxygen atoms in total. The number of amides is 1. The third kappa shape index (κ3) is 4.68. The Labute approximate surface area is 170 Å². The summed E-state index contributed by atoms with van der Waals surface area (Å²) in [6.07, 6.45) is 0.981. The normalized spacial score (nSPS) is 10.5. The monoisotopic (exact) mass is 395 g/mol. The smallest absolute Gasteiger partial charge is 0.225 e. The summed E-state index contributed by atoms with van der Waals surface area (Å²) in [6.45, 7) is 1.91. The van der Waals surface area contributed by atoms with Gasteiger partial charge >= 0.3 is 0 Å².